The molecule has 0 bridgehead atoms. The summed E-state index contributed by atoms with van der Waals surface area (Å²) in [6.45, 7) is 9.14. The first-order valence-corrected chi connectivity index (χ1v) is 7.55. The smallest absolute Gasteiger partial charge is 0.164 e. The number of carbonyl (C=O) groups excluding carboxylic acids is 1. The fraction of sp³-hybridized carbons (Fsp3) is 0.588. The van der Waals surface area contributed by atoms with Crippen LogP contribution in [0.25, 0.3) is 0 Å². The van der Waals surface area contributed by atoms with Crippen LogP contribution in [0.15, 0.2) is 18.2 Å². The van der Waals surface area contributed by atoms with E-state index in [-0.39, 0.29) is 16.6 Å². The van der Waals surface area contributed by atoms with Crippen molar-refractivity contribution in [2.45, 2.75) is 57.8 Å². The van der Waals surface area contributed by atoms with Crippen LogP contribution < -0.4 is 0 Å². The molecular weight excluding hydrogens is 256 g/mol. The topological polar surface area (TPSA) is 17.1 Å². The highest BCUT2D eigenvalue weighted by atomic mass is 35.5. The van der Waals surface area contributed by atoms with Gasteiger partial charge in [0, 0.05) is 17.9 Å². The van der Waals surface area contributed by atoms with Crippen molar-refractivity contribution in [1.29, 1.82) is 0 Å². The average molecular weight is 279 g/mol. The van der Waals surface area contributed by atoms with Crippen molar-refractivity contribution in [3.05, 3.63) is 34.9 Å². The quantitative estimate of drug-likeness (QED) is 0.571. The van der Waals surface area contributed by atoms with Crippen molar-refractivity contribution in [3.63, 3.8) is 0 Å². The molecule has 0 fully saturated rings. The van der Waals surface area contributed by atoms with Gasteiger partial charge < -0.3 is 0 Å². The molecule has 1 aliphatic rings. The summed E-state index contributed by atoms with van der Waals surface area (Å²) < 4.78 is 0. The van der Waals surface area contributed by atoms with Gasteiger partial charge in [-0.05, 0) is 40.9 Å². The molecule has 1 aromatic carbocycles. The van der Waals surface area contributed by atoms with Gasteiger partial charge in [-0.15, -0.1) is 11.6 Å². The van der Waals surface area contributed by atoms with Gasteiger partial charge in [0.25, 0.3) is 0 Å². The summed E-state index contributed by atoms with van der Waals surface area (Å²) in [5.41, 5.74) is 3.90. The molecule has 104 valence electrons. The molecule has 19 heavy (non-hydrogen) atoms. The number of ketones is 1. The van der Waals surface area contributed by atoms with E-state index in [0.717, 1.165) is 5.56 Å². The molecule has 0 saturated heterocycles. The molecule has 0 saturated carbocycles. The molecule has 0 spiro atoms. The SMILES string of the molecule is CC1(C)CCC(C)(C)c2cc(C(=O)CCCl)ccc21. The van der Waals surface area contributed by atoms with E-state index >= 15 is 0 Å². The molecule has 1 aliphatic carbocycles. The Hall–Kier alpha value is -0.820. The standard InChI is InChI=1S/C17H23ClO/c1-16(2)8-9-17(3,4)14-11-12(5-6-13(14)16)15(19)7-10-18/h5-6,11H,7-10H2,1-4H3. The molecule has 1 nitrogen and oxygen atoms in total. The van der Waals surface area contributed by atoms with E-state index in [1.165, 1.54) is 24.0 Å². The first-order chi connectivity index (χ1) is 8.78. The second kappa shape index (κ2) is 4.94. The van der Waals surface area contributed by atoms with E-state index in [9.17, 15) is 4.79 Å². The maximum Gasteiger partial charge on any atom is 0.164 e. The second-order valence-corrected chi connectivity index (χ2v) is 7.27. The minimum absolute atomic E-state index is 0.150. The van der Waals surface area contributed by atoms with E-state index in [1.807, 2.05) is 6.07 Å². The highest BCUT2D eigenvalue weighted by Gasteiger charge is 2.37. The number of Topliss-reactive ketones (excluding diaryl/α,β-unsaturated/α-hetero) is 1. The van der Waals surface area contributed by atoms with Gasteiger partial charge in [0.2, 0.25) is 0 Å². The number of benzene rings is 1. The predicted molar refractivity (Wildman–Crippen MR) is 81.4 cm³/mol. The molecule has 0 atom stereocenters. The van der Waals surface area contributed by atoms with Crippen molar-refractivity contribution < 1.29 is 4.79 Å². The van der Waals surface area contributed by atoms with Crippen LogP contribution >= 0.6 is 11.6 Å². The maximum absolute atomic E-state index is 12.0. The van der Waals surface area contributed by atoms with Gasteiger partial charge in [0.1, 0.15) is 0 Å². The van der Waals surface area contributed by atoms with Crippen molar-refractivity contribution in [1.82, 2.24) is 0 Å². The summed E-state index contributed by atoms with van der Waals surface area (Å²) in [6, 6.07) is 6.22. The largest absolute Gasteiger partial charge is 0.294 e. The second-order valence-electron chi connectivity index (χ2n) is 6.89. The highest BCUT2D eigenvalue weighted by Crippen LogP contribution is 2.45. The molecule has 0 amide bonds. The number of hydrogen-bond acceptors (Lipinski definition) is 1. The lowest BCUT2D eigenvalue weighted by Crippen LogP contribution is -2.34. The Kier molecular flexibility index (Phi) is 3.79. The number of hydrogen-bond donors (Lipinski definition) is 0. The Morgan fingerprint density at radius 3 is 2.26 bits per heavy atom. The molecule has 0 aliphatic heterocycles. The van der Waals surface area contributed by atoms with Gasteiger partial charge in [-0.1, -0.05) is 39.8 Å². The van der Waals surface area contributed by atoms with Gasteiger partial charge in [-0.2, -0.15) is 0 Å². The molecule has 0 heterocycles. The molecule has 0 aromatic heterocycles. The Labute approximate surface area is 121 Å². The summed E-state index contributed by atoms with van der Waals surface area (Å²) in [5.74, 6) is 0.544. The zero-order valence-corrected chi connectivity index (χ0v) is 13.1. The van der Waals surface area contributed by atoms with Crippen LogP contribution in [0.5, 0.6) is 0 Å². The van der Waals surface area contributed by atoms with E-state index < -0.39 is 0 Å². The number of carbonyl (C=O) groups is 1. The third-order valence-electron chi connectivity index (χ3n) is 4.50. The average Bonchev–Trinajstić information content (AvgIpc) is 2.35. The fourth-order valence-corrected chi connectivity index (χ4v) is 3.16. The lowest BCUT2D eigenvalue weighted by Gasteiger charge is -2.42. The predicted octanol–water partition coefficient (Wildman–Crippen LogP) is 4.85. The lowest BCUT2D eigenvalue weighted by atomic mass is 9.63. The number of fused-ring (bicyclic) bond motifs is 1. The van der Waals surface area contributed by atoms with Crippen LogP contribution in [0.2, 0.25) is 0 Å². The minimum Gasteiger partial charge on any atom is -0.294 e. The van der Waals surface area contributed by atoms with Crippen LogP contribution in [0.1, 0.15) is 68.4 Å². The van der Waals surface area contributed by atoms with Crippen LogP contribution in [0.3, 0.4) is 0 Å². The highest BCUT2D eigenvalue weighted by molar-refractivity contribution is 6.19. The van der Waals surface area contributed by atoms with Crippen LogP contribution in [0, 0.1) is 0 Å². The molecule has 2 rings (SSSR count). The lowest BCUT2D eigenvalue weighted by molar-refractivity contribution is 0.0989. The summed E-state index contributed by atoms with van der Waals surface area (Å²) in [4.78, 5) is 12.0. The van der Waals surface area contributed by atoms with Crippen LogP contribution in [-0.4, -0.2) is 11.7 Å². The summed E-state index contributed by atoms with van der Waals surface area (Å²) in [6.07, 6.45) is 2.78. The first-order valence-electron chi connectivity index (χ1n) is 7.02. The van der Waals surface area contributed by atoms with E-state index in [4.69, 9.17) is 11.6 Å². The van der Waals surface area contributed by atoms with E-state index in [2.05, 4.69) is 39.8 Å². The van der Waals surface area contributed by atoms with Gasteiger partial charge >= 0.3 is 0 Å². The van der Waals surface area contributed by atoms with Gasteiger partial charge in [-0.3, -0.25) is 4.79 Å². The van der Waals surface area contributed by atoms with Crippen molar-refractivity contribution in [2.24, 2.45) is 0 Å². The third kappa shape index (κ3) is 2.72. The molecule has 2 heteroatoms. The molecule has 0 N–H and O–H groups in total. The Morgan fingerprint density at radius 2 is 1.68 bits per heavy atom. The molecular formula is C17H23ClO. The Bertz CT molecular complexity index is 500. The zero-order chi connectivity index (χ0) is 14.3. The monoisotopic (exact) mass is 278 g/mol. The molecule has 0 unspecified atom stereocenters. The Morgan fingerprint density at radius 1 is 1.11 bits per heavy atom. The third-order valence-corrected chi connectivity index (χ3v) is 4.69. The summed E-state index contributed by atoms with van der Waals surface area (Å²) >= 11 is 5.67. The number of alkyl halides is 1. The summed E-state index contributed by atoms with van der Waals surface area (Å²) in [7, 11) is 0. The molecule has 1 aromatic rings. The van der Waals surface area contributed by atoms with Crippen molar-refractivity contribution in [2.75, 3.05) is 5.88 Å². The van der Waals surface area contributed by atoms with E-state index in [0.29, 0.717) is 12.3 Å². The fourth-order valence-electron chi connectivity index (χ4n) is 2.99. The van der Waals surface area contributed by atoms with Gasteiger partial charge in [0.15, 0.2) is 5.78 Å². The minimum atomic E-state index is 0.150. The zero-order valence-electron chi connectivity index (χ0n) is 12.3. The normalized spacial score (nSPS) is 19.8. The van der Waals surface area contributed by atoms with Crippen molar-refractivity contribution in [3.8, 4) is 0 Å². The van der Waals surface area contributed by atoms with Gasteiger partial charge in [0.05, 0.1) is 0 Å². The molecule has 0 radical (unpaired) electrons. The first kappa shape index (κ1) is 14.6. The summed E-state index contributed by atoms with van der Waals surface area (Å²) in [5, 5.41) is 0. The number of rotatable bonds is 3. The maximum atomic E-state index is 12.0. The Balaban J connectivity index is 2.50. The van der Waals surface area contributed by atoms with Crippen molar-refractivity contribution >= 4 is 17.4 Å². The van der Waals surface area contributed by atoms with Crippen LogP contribution in [0.4, 0.5) is 0 Å². The van der Waals surface area contributed by atoms with Crippen LogP contribution in [-0.2, 0) is 10.8 Å². The van der Waals surface area contributed by atoms with E-state index in [1.54, 1.807) is 0 Å². The van der Waals surface area contributed by atoms with Gasteiger partial charge in [-0.25, -0.2) is 0 Å². The number of halogens is 1.